The SMILES string of the molecule is COCc1cc(CNC(=O)Nc2ccncc2F)ccc1F. The fraction of sp³-hybridized carbons (Fsp3) is 0.200. The molecule has 0 aliphatic carbocycles. The minimum absolute atomic E-state index is 0.0340. The van der Waals surface area contributed by atoms with Crippen molar-refractivity contribution in [2.75, 3.05) is 12.4 Å². The highest BCUT2D eigenvalue weighted by atomic mass is 19.1. The quantitative estimate of drug-likeness (QED) is 0.893. The number of amides is 2. The van der Waals surface area contributed by atoms with Crippen LogP contribution in [0.5, 0.6) is 0 Å². The van der Waals surface area contributed by atoms with Gasteiger partial charge in [-0.05, 0) is 23.8 Å². The molecule has 0 aliphatic rings. The Morgan fingerprint density at radius 1 is 1.27 bits per heavy atom. The van der Waals surface area contributed by atoms with E-state index >= 15 is 0 Å². The second kappa shape index (κ2) is 7.46. The van der Waals surface area contributed by atoms with Gasteiger partial charge in [-0.1, -0.05) is 6.07 Å². The van der Waals surface area contributed by atoms with E-state index in [1.807, 2.05) is 0 Å². The number of halogens is 2. The number of carbonyl (C=O) groups excluding carboxylic acids is 1. The minimum atomic E-state index is -0.623. The molecule has 0 spiro atoms. The highest BCUT2D eigenvalue weighted by Crippen LogP contribution is 2.12. The summed E-state index contributed by atoms with van der Waals surface area (Å²) in [6.45, 7) is 0.323. The molecule has 2 rings (SSSR count). The number of pyridine rings is 1. The number of hydrogen-bond donors (Lipinski definition) is 2. The predicted octanol–water partition coefficient (Wildman–Crippen LogP) is 2.83. The molecule has 1 aromatic heterocycles. The Bertz CT molecular complexity index is 665. The molecule has 2 aromatic rings. The molecule has 116 valence electrons. The lowest BCUT2D eigenvalue weighted by atomic mass is 10.1. The van der Waals surface area contributed by atoms with Crippen molar-refractivity contribution in [1.82, 2.24) is 10.3 Å². The van der Waals surface area contributed by atoms with Crippen molar-refractivity contribution in [3.05, 3.63) is 59.4 Å². The maximum Gasteiger partial charge on any atom is 0.319 e. The summed E-state index contributed by atoms with van der Waals surface area (Å²) >= 11 is 0. The summed E-state index contributed by atoms with van der Waals surface area (Å²) in [5.41, 5.74) is 1.15. The fourth-order valence-electron chi connectivity index (χ4n) is 1.83. The third-order valence-electron chi connectivity index (χ3n) is 2.88. The normalized spacial score (nSPS) is 10.3. The van der Waals surface area contributed by atoms with Gasteiger partial charge in [0.1, 0.15) is 5.82 Å². The van der Waals surface area contributed by atoms with Crippen LogP contribution in [0.3, 0.4) is 0 Å². The van der Waals surface area contributed by atoms with Crippen molar-refractivity contribution in [1.29, 1.82) is 0 Å². The Hall–Kier alpha value is -2.54. The molecule has 2 amide bonds. The predicted molar refractivity (Wildman–Crippen MR) is 77.2 cm³/mol. The van der Waals surface area contributed by atoms with Crippen molar-refractivity contribution < 1.29 is 18.3 Å². The number of aromatic nitrogens is 1. The van der Waals surface area contributed by atoms with Crippen LogP contribution in [-0.2, 0) is 17.9 Å². The maximum atomic E-state index is 13.5. The monoisotopic (exact) mass is 307 g/mol. The zero-order valence-electron chi connectivity index (χ0n) is 11.9. The van der Waals surface area contributed by atoms with Gasteiger partial charge in [-0.2, -0.15) is 0 Å². The molecule has 2 N–H and O–H groups in total. The minimum Gasteiger partial charge on any atom is -0.380 e. The Kier molecular flexibility index (Phi) is 5.37. The molecule has 1 aromatic carbocycles. The first kappa shape index (κ1) is 15.8. The van der Waals surface area contributed by atoms with E-state index in [1.54, 1.807) is 12.1 Å². The Labute approximate surface area is 126 Å². The molecule has 0 saturated heterocycles. The van der Waals surface area contributed by atoms with E-state index < -0.39 is 11.8 Å². The number of urea groups is 1. The number of nitrogens with zero attached hydrogens (tertiary/aromatic N) is 1. The van der Waals surface area contributed by atoms with E-state index in [0.717, 1.165) is 6.20 Å². The molecule has 0 atom stereocenters. The van der Waals surface area contributed by atoms with Gasteiger partial charge in [0.05, 0.1) is 18.5 Å². The molecule has 22 heavy (non-hydrogen) atoms. The summed E-state index contributed by atoms with van der Waals surface area (Å²) in [6.07, 6.45) is 2.38. The van der Waals surface area contributed by atoms with Crippen LogP contribution >= 0.6 is 0 Å². The number of anilines is 1. The molecule has 0 radical (unpaired) electrons. The van der Waals surface area contributed by atoms with Gasteiger partial charge in [0, 0.05) is 25.4 Å². The van der Waals surface area contributed by atoms with E-state index in [2.05, 4.69) is 15.6 Å². The van der Waals surface area contributed by atoms with Gasteiger partial charge >= 0.3 is 6.03 Å². The largest absolute Gasteiger partial charge is 0.380 e. The second-order valence-corrected chi connectivity index (χ2v) is 4.52. The summed E-state index contributed by atoms with van der Waals surface area (Å²) in [5, 5.41) is 4.93. The first-order valence-corrected chi connectivity index (χ1v) is 6.50. The first-order valence-electron chi connectivity index (χ1n) is 6.50. The molecule has 0 fully saturated rings. The van der Waals surface area contributed by atoms with Gasteiger partial charge in [-0.15, -0.1) is 0 Å². The fourth-order valence-corrected chi connectivity index (χ4v) is 1.83. The van der Waals surface area contributed by atoms with Crippen LogP contribution < -0.4 is 10.6 Å². The summed E-state index contributed by atoms with van der Waals surface area (Å²) in [7, 11) is 1.47. The molecule has 7 heteroatoms. The Morgan fingerprint density at radius 3 is 2.82 bits per heavy atom. The van der Waals surface area contributed by atoms with Crippen LogP contribution in [0.25, 0.3) is 0 Å². The van der Waals surface area contributed by atoms with Crippen LogP contribution in [-0.4, -0.2) is 18.1 Å². The smallest absolute Gasteiger partial charge is 0.319 e. The number of ether oxygens (including phenoxy) is 1. The van der Waals surface area contributed by atoms with Crippen LogP contribution in [0.4, 0.5) is 19.3 Å². The molecule has 5 nitrogen and oxygen atoms in total. The molecule has 0 saturated carbocycles. The van der Waals surface area contributed by atoms with Crippen molar-refractivity contribution in [2.45, 2.75) is 13.2 Å². The summed E-state index contributed by atoms with van der Waals surface area (Å²) < 4.78 is 31.7. The highest BCUT2D eigenvalue weighted by molar-refractivity contribution is 5.89. The average Bonchev–Trinajstić information content (AvgIpc) is 2.50. The molecule has 0 bridgehead atoms. The van der Waals surface area contributed by atoms with E-state index in [0.29, 0.717) is 11.1 Å². The topological polar surface area (TPSA) is 63.2 Å². The van der Waals surface area contributed by atoms with Gasteiger partial charge in [-0.3, -0.25) is 4.98 Å². The molecule has 1 heterocycles. The Balaban J connectivity index is 1.94. The second-order valence-electron chi connectivity index (χ2n) is 4.52. The van der Waals surface area contributed by atoms with E-state index in [4.69, 9.17) is 4.74 Å². The van der Waals surface area contributed by atoms with Gasteiger partial charge in [0.15, 0.2) is 5.82 Å². The maximum absolute atomic E-state index is 13.5. The van der Waals surface area contributed by atoms with Crippen molar-refractivity contribution in [3.8, 4) is 0 Å². The lowest BCUT2D eigenvalue weighted by Crippen LogP contribution is -2.28. The zero-order chi connectivity index (χ0) is 15.9. The number of hydrogen-bond acceptors (Lipinski definition) is 3. The lowest BCUT2D eigenvalue weighted by molar-refractivity contribution is 0.181. The van der Waals surface area contributed by atoms with E-state index in [1.165, 1.54) is 25.4 Å². The van der Waals surface area contributed by atoms with Crippen LogP contribution in [0, 0.1) is 11.6 Å². The lowest BCUT2D eigenvalue weighted by Gasteiger charge is -2.09. The average molecular weight is 307 g/mol. The number of methoxy groups -OCH3 is 1. The van der Waals surface area contributed by atoms with E-state index in [9.17, 15) is 13.6 Å². The van der Waals surface area contributed by atoms with Crippen molar-refractivity contribution in [3.63, 3.8) is 0 Å². The van der Waals surface area contributed by atoms with E-state index in [-0.39, 0.29) is 24.7 Å². The van der Waals surface area contributed by atoms with Gasteiger partial charge in [-0.25, -0.2) is 13.6 Å². The van der Waals surface area contributed by atoms with Gasteiger partial charge in [0.25, 0.3) is 0 Å². The van der Waals surface area contributed by atoms with Gasteiger partial charge < -0.3 is 15.4 Å². The number of nitrogens with one attached hydrogen (secondary N) is 2. The van der Waals surface area contributed by atoms with Crippen LogP contribution in [0.2, 0.25) is 0 Å². The highest BCUT2D eigenvalue weighted by Gasteiger charge is 2.07. The van der Waals surface area contributed by atoms with Crippen LogP contribution in [0.15, 0.2) is 36.7 Å². The summed E-state index contributed by atoms with van der Waals surface area (Å²) in [6, 6.07) is 5.26. The van der Waals surface area contributed by atoms with Crippen molar-refractivity contribution in [2.24, 2.45) is 0 Å². The number of carbonyl (C=O) groups is 1. The number of rotatable bonds is 5. The summed E-state index contributed by atoms with van der Waals surface area (Å²) in [4.78, 5) is 15.3. The Morgan fingerprint density at radius 2 is 2.09 bits per heavy atom. The van der Waals surface area contributed by atoms with Crippen molar-refractivity contribution >= 4 is 11.7 Å². The molecular formula is C15H15F2N3O2. The molecule has 0 unspecified atom stereocenters. The zero-order valence-corrected chi connectivity index (χ0v) is 11.9. The number of benzene rings is 1. The van der Waals surface area contributed by atoms with Crippen LogP contribution in [0.1, 0.15) is 11.1 Å². The summed E-state index contributed by atoms with van der Waals surface area (Å²) in [5.74, 6) is -0.990. The first-order chi connectivity index (χ1) is 10.6. The van der Waals surface area contributed by atoms with Gasteiger partial charge in [0.2, 0.25) is 0 Å². The molecular weight excluding hydrogens is 292 g/mol. The standard InChI is InChI=1S/C15H15F2N3O2/c1-22-9-11-6-10(2-3-12(11)16)7-19-15(21)20-14-4-5-18-8-13(14)17/h2-6,8H,7,9H2,1H3,(H2,18,19,20,21). The third-order valence-corrected chi connectivity index (χ3v) is 2.88. The molecule has 0 aliphatic heterocycles. The third kappa shape index (κ3) is 4.23.